The third kappa shape index (κ3) is 3.08. The Morgan fingerprint density at radius 3 is 2.72 bits per heavy atom. The molecule has 2 aromatic carbocycles. The topological polar surface area (TPSA) is 85.2 Å². The Labute approximate surface area is 142 Å². The van der Waals surface area contributed by atoms with Crippen LogP contribution in [0, 0.1) is 22.9 Å². The van der Waals surface area contributed by atoms with E-state index in [4.69, 9.17) is 4.74 Å². The molecule has 128 valence electrons. The smallest absolute Gasteiger partial charge is 0.311 e. The van der Waals surface area contributed by atoms with E-state index < -0.39 is 22.5 Å². The fourth-order valence-electron chi connectivity index (χ4n) is 2.77. The lowest BCUT2D eigenvalue weighted by atomic mass is 10.0. The van der Waals surface area contributed by atoms with Gasteiger partial charge in [0, 0.05) is 34.3 Å². The van der Waals surface area contributed by atoms with Crippen LogP contribution in [-0.2, 0) is 0 Å². The van der Waals surface area contributed by atoms with Gasteiger partial charge in [-0.1, -0.05) is 18.2 Å². The number of hydrogen-bond acceptors (Lipinski definition) is 4. The summed E-state index contributed by atoms with van der Waals surface area (Å²) in [6, 6.07) is 10.2. The van der Waals surface area contributed by atoms with Crippen LogP contribution in [0.15, 0.2) is 42.5 Å². The fraction of sp³-hybridized carbons (Fsp3) is 0.167. The van der Waals surface area contributed by atoms with Gasteiger partial charge in [-0.25, -0.2) is 4.39 Å². The van der Waals surface area contributed by atoms with Gasteiger partial charge in [0.15, 0.2) is 6.10 Å². The summed E-state index contributed by atoms with van der Waals surface area (Å²) < 4.78 is 18.8. The summed E-state index contributed by atoms with van der Waals surface area (Å²) in [4.78, 5) is 26.3. The van der Waals surface area contributed by atoms with E-state index >= 15 is 0 Å². The Kier molecular flexibility index (Phi) is 4.22. The largest absolute Gasteiger partial charge is 0.475 e. The molecule has 0 unspecified atom stereocenters. The highest BCUT2D eigenvalue weighted by atomic mass is 19.1. The van der Waals surface area contributed by atoms with Crippen LogP contribution in [0.2, 0.25) is 0 Å². The summed E-state index contributed by atoms with van der Waals surface area (Å²) in [5, 5.41) is 11.8. The molecule has 7 heteroatoms. The summed E-state index contributed by atoms with van der Waals surface area (Å²) in [6.07, 6.45) is -1.02. The molecule has 0 bridgehead atoms. The first kappa shape index (κ1) is 16.6. The maximum absolute atomic E-state index is 13.4. The number of H-pyrrole nitrogens is 1. The number of halogens is 1. The maximum Gasteiger partial charge on any atom is 0.311 e. The lowest BCUT2D eigenvalue weighted by Gasteiger charge is -2.14. The van der Waals surface area contributed by atoms with Gasteiger partial charge in [-0.3, -0.25) is 14.9 Å². The Hall–Kier alpha value is -3.22. The van der Waals surface area contributed by atoms with Crippen molar-refractivity contribution in [3.63, 3.8) is 0 Å². The molecular weight excluding hydrogens is 327 g/mol. The number of aryl methyl sites for hydroxylation is 1. The Balaban J connectivity index is 1.95. The van der Waals surface area contributed by atoms with E-state index in [-0.39, 0.29) is 11.5 Å². The van der Waals surface area contributed by atoms with E-state index in [9.17, 15) is 19.3 Å². The van der Waals surface area contributed by atoms with E-state index in [2.05, 4.69) is 4.98 Å². The summed E-state index contributed by atoms with van der Waals surface area (Å²) in [6.45, 7) is 3.25. The van der Waals surface area contributed by atoms with E-state index in [0.29, 0.717) is 11.3 Å². The molecular formula is C18H15FN2O4. The number of Topliss-reactive ketones (excluding diaryl/α,β-unsaturated/α-hetero) is 1. The molecule has 1 heterocycles. The number of carbonyl (C=O) groups excluding carboxylic acids is 1. The first-order valence-electron chi connectivity index (χ1n) is 7.60. The lowest BCUT2D eigenvalue weighted by Crippen LogP contribution is -2.24. The number of nitrogens with zero attached hydrogens (tertiary/aromatic N) is 1. The molecule has 3 aromatic rings. The highest BCUT2D eigenvalue weighted by Crippen LogP contribution is 2.30. The molecule has 0 fully saturated rings. The van der Waals surface area contributed by atoms with Crippen LogP contribution in [0.3, 0.4) is 0 Å². The Morgan fingerprint density at radius 2 is 2.00 bits per heavy atom. The molecule has 0 spiro atoms. The van der Waals surface area contributed by atoms with Crippen LogP contribution in [0.5, 0.6) is 5.75 Å². The van der Waals surface area contributed by atoms with Crippen LogP contribution in [-0.4, -0.2) is 21.8 Å². The summed E-state index contributed by atoms with van der Waals surface area (Å²) in [7, 11) is 0. The monoisotopic (exact) mass is 342 g/mol. The number of aromatic amines is 1. The van der Waals surface area contributed by atoms with Crippen molar-refractivity contribution in [3.05, 3.63) is 69.7 Å². The van der Waals surface area contributed by atoms with Crippen molar-refractivity contribution in [3.8, 4) is 5.75 Å². The highest BCUT2D eigenvalue weighted by Gasteiger charge is 2.25. The average Bonchev–Trinajstić information content (AvgIpc) is 2.89. The van der Waals surface area contributed by atoms with Gasteiger partial charge in [0.05, 0.1) is 4.92 Å². The first-order valence-corrected chi connectivity index (χ1v) is 7.60. The second-order valence-corrected chi connectivity index (χ2v) is 5.66. The number of rotatable bonds is 5. The number of para-hydroxylation sites is 1. The third-order valence-electron chi connectivity index (χ3n) is 3.93. The second-order valence-electron chi connectivity index (χ2n) is 5.66. The van der Waals surface area contributed by atoms with E-state index in [1.54, 1.807) is 6.92 Å². The predicted molar refractivity (Wildman–Crippen MR) is 90.5 cm³/mol. The Bertz CT molecular complexity index is 980. The van der Waals surface area contributed by atoms with Crippen molar-refractivity contribution < 1.29 is 18.8 Å². The lowest BCUT2D eigenvalue weighted by molar-refractivity contribution is -0.386. The highest BCUT2D eigenvalue weighted by molar-refractivity contribution is 6.11. The Morgan fingerprint density at radius 1 is 1.28 bits per heavy atom. The molecule has 0 aliphatic rings. The van der Waals surface area contributed by atoms with Crippen LogP contribution >= 0.6 is 0 Å². The molecule has 0 amide bonds. The summed E-state index contributed by atoms with van der Waals surface area (Å²) in [5.74, 6) is -1.29. The minimum absolute atomic E-state index is 0.275. The number of nitro benzene ring substituents is 1. The van der Waals surface area contributed by atoms with Crippen molar-refractivity contribution in [2.24, 2.45) is 0 Å². The number of nitro groups is 1. The number of nitrogens with one attached hydrogen (secondary N) is 1. The van der Waals surface area contributed by atoms with Gasteiger partial charge in [-0.15, -0.1) is 0 Å². The third-order valence-corrected chi connectivity index (χ3v) is 3.93. The number of benzene rings is 2. The zero-order valence-electron chi connectivity index (χ0n) is 13.6. The van der Waals surface area contributed by atoms with Crippen LogP contribution in [0.4, 0.5) is 10.1 Å². The van der Waals surface area contributed by atoms with E-state index in [0.717, 1.165) is 29.1 Å². The molecule has 25 heavy (non-hydrogen) atoms. The SMILES string of the molecule is Cc1[nH]c2ccccc2c1C(=O)[C@@H](C)Oc1cc(F)ccc1[N+](=O)[O-]. The maximum atomic E-state index is 13.4. The predicted octanol–water partition coefficient (Wildman–Crippen LogP) is 4.17. The molecule has 0 saturated heterocycles. The first-order chi connectivity index (χ1) is 11.9. The van der Waals surface area contributed by atoms with E-state index in [1.807, 2.05) is 24.3 Å². The summed E-state index contributed by atoms with van der Waals surface area (Å²) >= 11 is 0. The van der Waals surface area contributed by atoms with Crippen molar-refractivity contribution in [1.29, 1.82) is 0 Å². The zero-order chi connectivity index (χ0) is 18.1. The minimum Gasteiger partial charge on any atom is -0.475 e. The molecule has 0 aliphatic heterocycles. The van der Waals surface area contributed by atoms with Gasteiger partial charge < -0.3 is 9.72 Å². The van der Waals surface area contributed by atoms with Crippen LogP contribution in [0.25, 0.3) is 10.9 Å². The molecule has 1 N–H and O–H groups in total. The molecule has 6 nitrogen and oxygen atoms in total. The normalized spacial score (nSPS) is 12.1. The van der Waals surface area contributed by atoms with Crippen molar-refractivity contribution >= 4 is 22.4 Å². The molecule has 3 rings (SSSR count). The number of ether oxygens (including phenoxy) is 1. The number of carbonyl (C=O) groups is 1. The summed E-state index contributed by atoms with van der Waals surface area (Å²) in [5.41, 5.74) is 1.56. The van der Waals surface area contributed by atoms with Gasteiger partial charge in [-0.2, -0.15) is 0 Å². The van der Waals surface area contributed by atoms with Gasteiger partial charge >= 0.3 is 5.69 Å². The standard InChI is InChI=1S/C18H15FN2O4/c1-10-17(13-5-3-4-6-14(13)20-10)18(22)11(2)25-16-9-12(19)7-8-15(16)21(23)24/h3-9,11,20H,1-2H3/t11-/m1/s1. The molecule has 0 aliphatic carbocycles. The van der Waals surface area contributed by atoms with Crippen LogP contribution < -0.4 is 4.74 Å². The number of hydrogen-bond donors (Lipinski definition) is 1. The minimum atomic E-state index is -1.02. The van der Waals surface area contributed by atoms with Gasteiger partial charge in [0.2, 0.25) is 11.5 Å². The van der Waals surface area contributed by atoms with Crippen molar-refractivity contribution in [2.45, 2.75) is 20.0 Å². The number of aromatic nitrogens is 1. The zero-order valence-corrected chi connectivity index (χ0v) is 13.6. The fourth-order valence-corrected chi connectivity index (χ4v) is 2.77. The molecule has 1 atom stereocenters. The van der Waals surface area contributed by atoms with E-state index in [1.165, 1.54) is 6.92 Å². The van der Waals surface area contributed by atoms with Crippen molar-refractivity contribution in [1.82, 2.24) is 4.98 Å². The van der Waals surface area contributed by atoms with Gasteiger partial charge in [0.1, 0.15) is 5.82 Å². The number of ketones is 1. The quantitative estimate of drug-likeness (QED) is 0.428. The van der Waals surface area contributed by atoms with Crippen LogP contribution in [0.1, 0.15) is 23.0 Å². The molecule has 0 radical (unpaired) electrons. The second kappa shape index (κ2) is 6.35. The molecule has 1 aromatic heterocycles. The molecule has 0 saturated carbocycles. The average molecular weight is 342 g/mol. The van der Waals surface area contributed by atoms with Gasteiger partial charge in [0.25, 0.3) is 0 Å². The van der Waals surface area contributed by atoms with Gasteiger partial charge in [-0.05, 0) is 26.0 Å². The van der Waals surface area contributed by atoms with Crippen molar-refractivity contribution in [2.75, 3.05) is 0 Å². The number of fused-ring (bicyclic) bond motifs is 1.